The zero-order chi connectivity index (χ0) is 25.1. The zero-order valence-electron chi connectivity index (χ0n) is 20.6. The Hall–Kier alpha value is -3.49. The number of benzene rings is 2. The molecule has 2 aliphatic rings. The van der Waals surface area contributed by atoms with E-state index in [9.17, 15) is 9.59 Å². The summed E-state index contributed by atoms with van der Waals surface area (Å²) in [5, 5.41) is 0.865. The van der Waals surface area contributed by atoms with Gasteiger partial charge in [-0.1, -0.05) is 35.6 Å². The molecule has 0 radical (unpaired) electrons. The number of likely N-dealkylation sites (tertiary alicyclic amines) is 1. The number of ether oxygens (including phenoxy) is 1. The maximum Gasteiger partial charge on any atom is 0.246 e. The Kier molecular flexibility index (Phi) is 6.89. The number of carbonyl (C=O) groups is 2. The van der Waals surface area contributed by atoms with Crippen molar-refractivity contribution in [3.8, 4) is 22.8 Å². The lowest BCUT2D eigenvalue weighted by Gasteiger charge is -2.47. The predicted molar refractivity (Wildman–Crippen MR) is 143 cm³/mol. The average Bonchev–Trinajstić information content (AvgIpc) is 3.49. The molecule has 0 N–H and O–H groups in total. The Morgan fingerprint density at radius 1 is 1.08 bits per heavy atom. The molecule has 0 atom stereocenters. The first-order valence-corrected chi connectivity index (χ1v) is 12.9. The van der Waals surface area contributed by atoms with E-state index in [4.69, 9.17) is 9.72 Å². The number of carbonyl (C=O) groups excluding carboxylic acids is 2. The van der Waals surface area contributed by atoms with Crippen LogP contribution in [0, 0.1) is 5.41 Å². The summed E-state index contributed by atoms with van der Waals surface area (Å²) in [5.74, 6) is 1.59. The van der Waals surface area contributed by atoms with Crippen LogP contribution >= 0.6 is 11.3 Å². The van der Waals surface area contributed by atoms with Gasteiger partial charge in [-0.25, -0.2) is 4.98 Å². The van der Waals surface area contributed by atoms with Crippen molar-refractivity contribution < 1.29 is 14.3 Å². The standard InChI is InChI=1S/C28H30N4O3S/c1-30(2)15-6-9-25(34)32-19-28(20-32)14-16-31(18-28)27-29-26(24(17-33)36-27)21-10-12-23(13-11-21)35-22-7-4-3-5-8-22/h3-13,17H,14-16,18-20H2,1-2H3/b9-6+. The molecule has 2 aliphatic heterocycles. The second-order valence-electron chi connectivity index (χ2n) is 9.80. The fourth-order valence-corrected chi connectivity index (χ4v) is 5.72. The van der Waals surface area contributed by atoms with E-state index in [0.29, 0.717) is 10.6 Å². The molecular weight excluding hydrogens is 472 g/mol. The van der Waals surface area contributed by atoms with Gasteiger partial charge in [0.05, 0.1) is 10.6 Å². The highest BCUT2D eigenvalue weighted by molar-refractivity contribution is 7.17. The van der Waals surface area contributed by atoms with Crippen LogP contribution in [0.25, 0.3) is 11.3 Å². The Morgan fingerprint density at radius 3 is 2.50 bits per heavy atom. The van der Waals surface area contributed by atoms with Crippen LogP contribution < -0.4 is 9.64 Å². The van der Waals surface area contributed by atoms with Crippen molar-refractivity contribution in [3.05, 3.63) is 71.6 Å². The van der Waals surface area contributed by atoms with Crippen molar-refractivity contribution in [2.24, 2.45) is 5.41 Å². The molecule has 0 aliphatic carbocycles. The number of aldehydes is 1. The molecule has 2 saturated heterocycles. The van der Waals surface area contributed by atoms with Gasteiger partial charge in [0.2, 0.25) is 5.91 Å². The monoisotopic (exact) mass is 502 g/mol. The summed E-state index contributed by atoms with van der Waals surface area (Å²) in [5.41, 5.74) is 1.71. The van der Waals surface area contributed by atoms with E-state index in [0.717, 1.165) is 67.6 Å². The molecule has 1 aromatic heterocycles. The number of likely N-dealkylation sites (N-methyl/N-ethyl adjacent to an activating group) is 1. The van der Waals surface area contributed by atoms with Crippen molar-refractivity contribution in [2.75, 3.05) is 51.7 Å². The minimum Gasteiger partial charge on any atom is -0.457 e. The fourth-order valence-electron chi connectivity index (χ4n) is 4.79. The van der Waals surface area contributed by atoms with Crippen molar-refractivity contribution in [2.45, 2.75) is 6.42 Å². The van der Waals surface area contributed by atoms with Crippen LogP contribution in [0.4, 0.5) is 5.13 Å². The van der Waals surface area contributed by atoms with Gasteiger partial charge in [-0.05, 0) is 56.9 Å². The number of nitrogens with zero attached hydrogens (tertiary/aromatic N) is 4. The van der Waals surface area contributed by atoms with Crippen molar-refractivity contribution in [3.63, 3.8) is 0 Å². The summed E-state index contributed by atoms with van der Waals surface area (Å²) in [6.07, 6.45) is 5.50. The molecule has 0 saturated carbocycles. The number of amides is 1. The fraction of sp³-hybridized carbons (Fsp3) is 0.321. The van der Waals surface area contributed by atoms with E-state index >= 15 is 0 Å². The van der Waals surface area contributed by atoms with Crippen molar-refractivity contribution in [1.29, 1.82) is 0 Å². The molecule has 2 fully saturated rings. The third-order valence-electron chi connectivity index (χ3n) is 6.66. The highest BCUT2D eigenvalue weighted by atomic mass is 32.1. The van der Waals surface area contributed by atoms with Crippen LogP contribution in [0.1, 0.15) is 16.1 Å². The van der Waals surface area contributed by atoms with Crippen molar-refractivity contribution in [1.82, 2.24) is 14.8 Å². The van der Waals surface area contributed by atoms with Crippen LogP contribution in [0.3, 0.4) is 0 Å². The summed E-state index contributed by atoms with van der Waals surface area (Å²) < 4.78 is 5.88. The average molecular weight is 503 g/mol. The number of para-hydroxylation sites is 1. The van der Waals surface area contributed by atoms with E-state index in [2.05, 4.69) is 4.90 Å². The second kappa shape index (κ2) is 10.2. The Labute approximate surface area is 215 Å². The molecule has 5 rings (SSSR count). The van der Waals surface area contributed by atoms with Crippen LogP contribution in [0.2, 0.25) is 0 Å². The lowest BCUT2D eigenvalue weighted by Crippen LogP contribution is -2.59. The molecule has 0 bridgehead atoms. The minimum atomic E-state index is 0.0837. The van der Waals surface area contributed by atoms with Crippen LogP contribution in [-0.4, -0.2) is 73.8 Å². The lowest BCUT2D eigenvalue weighted by molar-refractivity contribution is -0.136. The first-order valence-electron chi connectivity index (χ1n) is 12.1. The third-order valence-corrected chi connectivity index (χ3v) is 7.70. The summed E-state index contributed by atoms with van der Waals surface area (Å²) in [6, 6.07) is 17.3. The second-order valence-corrected chi connectivity index (χ2v) is 10.8. The van der Waals surface area contributed by atoms with Gasteiger partial charge in [0.25, 0.3) is 0 Å². The number of rotatable bonds is 8. The quantitative estimate of drug-likeness (QED) is 0.332. The van der Waals surface area contributed by atoms with Gasteiger partial charge < -0.3 is 19.4 Å². The Morgan fingerprint density at radius 2 is 1.81 bits per heavy atom. The summed E-state index contributed by atoms with van der Waals surface area (Å²) in [7, 11) is 3.96. The lowest BCUT2D eigenvalue weighted by atomic mass is 9.79. The molecule has 0 unspecified atom stereocenters. The number of aromatic nitrogens is 1. The van der Waals surface area contributed by atoms with E-state index < -0.39 is 0 Å². The van der Waals surface area contributed by atoms with Gasteiger partial charge in [0, 0.05) is 49.8 Å². The van der Waals surface area contributed by atoms with E-state index in [1.54, 1.807) is 6.08 Å². The largest absolute Gasteiger partial charge is 0.457 e. The molecule has 36 heavy (non-hydrogen) atoms. The van der Waals surface area contributed by atoms with E-state index in [1.165, 1.54) is 11.3 Å². The number of thiazole rings is 1. The SMILES string of the molecule is CN(C)C/C=C/C(=O)N1CC2(CCN(c3nc(-c4ccc(Oc5ccccc5)cc4)c(C=O)s3)C2)C1. The van der Waals surface area contributed by atoms with Gasteiger partial charge in [-0.15, -0.1) is 0 Å². The highest BCUT2D eigenvalue weighted by Gasteiger charge is 2.49. The molecule has 3 aromatic rings. The van der Waals surface area contributed by atoms with E-state index in [-0.39, 0.29) is 11.3 Å². The van der Waals surface area contributed by atoms with Crippen LogP contribution in [0.5, 0.6) is 11.5 Å². The minimum absolute atomic E-state index is 0.0837. The van der Waals surface area contributed by atoms with Crippen LogP contribution in [-0.2, 0) is 4.79 Å². The Balaban J connectivity index is 1.23. The maximum atomic E-state index is 12.4. The van der Waals surface area contributed by atoms with Crippen LogP contribution in [0.15, 0.2) is 66.7 Å². The molecular formula is C28H30N4O3S. The summed E-state index contributed by atoms with van der Waals surface area (Å²) in [6.45, 7) is 4.04. The van der Waals surface area contributed by atoms with E-state index in [1.807, 2.05) is 84.6 Å². The van der Waals surface area contributed by atoms with Gasteiger partial charge in [-0.3, -0.25) is 9.59 Å². The van der Waals surface area contributed by atoms with Gasteiger partial charge in [-0.2, -0.15) is 0 Å². The smallest absolute Gasteiger partial charge is 0.246 e. The summed E-state index contributed by atoms with van der Waals surface area (Å²) >= 11 is 1.43. The Bertz CT molecular complexity index is 1250. The molecule has 186 valence electrons. The number of hydrogen-bond acceptors (Lipinski definition) is 7. The molecule has 2 aromatic carbocycles. The normalized spacial score (nSPS) is 16.6. The molecule has 3 heterocycles. The summed E-state index contributed by atoms with van der Waals surface area (Å²) in [4.78, 5) is 36.0. The maximum absolute atomic E-state index is 12.4. The topological polar surface area (TPSA) is 66.0 Å². The third kappa shape index (κ3) is 5.20. The molecule has 8 heteroatoms. The zero-order valence-corrected chi connectivity index (χ0v) is 21.4. The first kappa shape index (κ1) is 24.2. The number of hydrogen-bond donors (Lipinski definition) is 0. The van der Waals surface area contributed by atoms with Crippen molar-refractivity contribution >= 4 is 28.7 Å². The molecule has 1 spiro atoms. The van der Waals surface area contributed by atoms with Gasteiger partial charge in [0.1, 0.15) is 11.5 Å². The van der Waals surface area contributed by atoms with Gasteiger partial charge >= 0.3 is 0 Å². The van der Waals surface area contributed by atoms with Gasteiger partial charge in [0.15, 0.2) is 11.4 Å². The first-order chi connectivity index (χ1) is 17.4. The molecule has 1 amide bonds. The molecule has 7 nitrogen and oxygen atoms in total. The highest BCUT2D eigenvalue weighted by Crippen LogP contribution is 2.43. The predicted octanol–water partition coefficient (Wildman–Crippen LogP) is 4.57. The number of anilines is 1.